The van der Waals surface area contributed by atoms with Crippen molar-refractivity contribution in [2.45, 2.75) is 77.3 Å². The molecule has 2 heterocycles. The van der Waals surface area contributed by atoms with Gasteiger partial charge in [-0.15, -0.1) is 0 Å². The number of likely N-dealkylation sites (tertiary alicyclic amines) is 1. The molecule has 4 nitrogen and oxygen atoms in total. The summed E-state index contributed by atoms with van der Waals surface area (Å²) in [6.45, 7) is 6.93. The summed E-state index contributed by atoms with van der Waals surface area (Å²) in [4.78, 5) is 7.37. The molecule has 0 bridgehead atoms. The Balaban J connectivity index is 1.44. The number of aromatic nitrogens is 2. The molecule has 1 saturated heterocycles. The molecule has 1 aliphatic heterocycles. The largest absolute Gasteiger partial charge is 0.357 e. The van der Waals surface area contributed by atoms with Crippen molar-refractivity contribution in [3.05, 3.63) is 5.82 Å². The molecule has 1 aliphatic carbocycles. The zero-order valence-corrected chi connectivity index (χ0v) is 14.9. The van der Waals surface area contributed by atoms with Crippen molar-refractivity contribution in [3.8, 4) is 0 Å². The monoisotopic (exact) mass is 322 g/mol. The van der Waals surface area contributed by atoms with E-state index in [4.69, 9.17) is 0 Å². The van der Waals surface area contributed by atoms with Crippen LogP contribution in [0.25, 0.3) is 0 Å². The van der Waals surface area contributed by atoms with Gasteiger partial charge in [-0.2, -0.15) is 4.37 Å². The molecule has 0 spiro atoms. The standard InChI is InChI=1S/C17H30N4S/c1-13(2)12-16-19-17(22-20-16)18-14-8-10-21(11-9-14)15-6-4-3-5-7-15/h13-15H,3-12H2,1-2H3,(H,18,19,20). The number of piperidine rings is 1. The molecule has 2 fully saturated rings. The van der Waals surface area contributed by atoms with E-state index in [1.165, 1.54) is 69.6 Å². The summed E-state index contributed by atoms with van der Waals surface area (Å²) in [5.41, 5.74) is 0. The molecule has 1 aromatic rings. The van der Waals surface area contributed by atoms with Crippen molar-refractivity contribution in [1.29, 1.82) is 0 Å². The van der Waals surface area contributed by atoms with E-state index in [1.807, 2.05) is 0 Å². The maximum Gasteiger partial charge on any atom is 0.202 e. The summed E-state index contributed by atoms with van der Waals surface area (Å²) >= 11 is 1.53. The lowest BCUT2D eigenvalue weighted by atomic mass is 9.92. The van der Waals surface area contributed by atoms with E-state index in [0.29, 0.717) is 12.0 Å². The van der Waals surface area contributed by atoms with E-state index in [1.54, 1.807) is 0 Å². The number of nitrogens with one attached hydrogen (secondary N) is 1. The third-order valence-corrected chi connectivity index (χ3v) is 5.69. The first kappa shape index (κ1) is 16.2. The summed E-state index contributed by atoms with van der Waals surface area (Å²) in [7, 11) is 0. The fraction of sp³-hybridized carbons (Fsp3) is 0.882. The predicted octanol–water partition coefficient (Wildman–Crippen LogP) is 3.95. The zero-order chi connectivity index (χ0) is 15.4. The van der Waals surface area contributed by atoms with Crippen molar-refractivity contribution >= 4 is 16.7 Å². The van der Waals surface area contributed by atoms with Gasteiger partial charge < -0.3 is 10.2 Å². The van der Waals surface area contributed by atoms with Crippen LogP contribution in [0.3, 0.4) is 0 Å². The van der Waals surface area contributed by atoms with Crippen LogP contribution in [0.4, 0.5) is 5.13 Å². The quantitative estimate of drug-likeness (QED) is 0.891. The highest BCUT2D eigenvalue weighted by molar-refractivity contribution is 7.09. The van der Waals surface area contributed by atoms with Crippen LogP contribution in [0, 0.1) is 5.92 Å². The Kier molecular flexibility index (Phi) is 5.69. The van der Waals surface area contributed by atoms with Crippen molar-refractivity contribution in [1.82, 2.24) is 14.3 Å². The summed E-state index contributed by atoms with van der Waals surface area (Å²) in [6.07, 6.45) is 10.6. The fourth-order valence-electron chi connectivity index (χ4n) is 3.79. The first-order valence-corrected chi connectivity index (χ1v) is 9.81. The Morgan fingerprint density at radius 2 is 1.86 bits per heavy atom. The third kappa shape index (κ3) is 4.42. The van der Waals surface area contributed by atoms with Gasteiger partial charge in [-0.05, 0) is 31.6 Å². The molecule has 0 radical (unpaired) electrons. The molecule has 0 atom stereocenters. The third-order valence-electron chi connectivity index (χ3n) is 5.01. The van der Waals surface area contributed by atoms with Gasteiger partial charge in [-0.3, -0.25) is 0 Å². The minimum atomic E-state index is 0.583. The first-order valence-electron chi connectivity index (χ1n) is 9.04. The lowest BCUT2D eigenvalue weighted by Crippen LogP contribution is -2.45. The van der Waals surface area contributed by atoms with Crippen LogP contribution in [-0.4, -0.2) is 39.4 Å². The molecule has 124 valence electrons. The Morgan fingerprint density at radius 3 is 2.55 bits per heavy atom. The van der Waals surface area contributed by atoms with Gasteiger partial charge in [0.15, 0.2) is 0 Å². The molecule has 3 rings (SSSR count). The van der Waals surface area contributed by atoms with Gasteiger partial charge >= 0.3 is 0 Å². The maximum atomic E-state index is 4.64. The van der Waals surface area contributed by atoms with E-state index in [0.717, 1.165) is 23.4 Å². The van der Waals surface area contributed by atoms with Crippen LogP contribution in [0.1, 0.15) is 64.6 Å². The minimum Gasteiger partial charge on any atom is -0.357 e. The van der Waals surface area contributed by atoms with Crippen LogP contribution in [-0.2, 0) is 6.42 Å². The van der Waals surface area contributed by atoms with Gasteiger partial charge in [-0.1, -0.05) is 33.1 Å². The Hall–Kier alpha value is -0.680. The summed E-state index contributed by atoms with van der Waals surface area (Å²) in [6, 6.07) is 1.45. The molecule has 22 heavy (non-hydrogen) atoms. The van der Waals surface area contributed by atoms with Crippen molar-refractivity contribution in [3.63, 3.8) is 0 Å². The topological polar surface area (TPSA) is 41.1 Å². The number of anilines is 1. The summed E-state index contributed by atoms with van der Waals surface area (Å²) in [5.74, 6) is 1.63. The Bertz CT molecular complexity index is 445. The Morgan fingerprint density at radius 1 is 1.14 bits per heavy atom. The van der Waals surface area contributed by atoms with Crippen LogP contribution >= 0.6 is 11.5 Å². The first-order chi connectivity index (χ1) is 10.7. The van der Waals surface area contributed by atoms with Gasteiger partial charge in [0.1, 0.15) is 5.82 Å². The molecule has 0 aromatic carbocycles. The highest BCUT2D eigenvalue weighted by Gasteiger charge is 2.26. The summed E-state index contributed by atoms with van der Waals surface area (Å²) in [5, 5.41) is 4.64. The molecule has 0 unspecified atom stereocenters. The highest BCUT2D eigenvalue weighted by atomic mass is 32.1. The molecule has 1 saturated carbocycles. The van der Waals surface area contributed by atoms with Gasteiger partial charge in [0, 0.05) is 43.1 Å². The number of rotatable bonds is 5. The van der Waals surface area contributed by atoms with E-state index in [2.05, 4.69) is 33.4 Å². The molecular formula is C17H30N4S. The fourth-order valence-corrected chi connectivity index (χ4v) is 4.46. The van der Waals surface area contributed by atoms with Crippen molar-refractivity contribution < 1.29 is 0 Å². The van der Waals surface area contributed by atoms with Crippen LogP contribution in [0.5, 0.6) is 0 Å². The molecule has 1 N–H and O–H groups in total. The second-order valence-electron chi connectivity index (χ2n) is 7.36. The molecule has 1 aromatic heterocycles. The van der Waals surface area contributed by atoms with Crippen LogP contribution in [0.15, 0.2) is 0 Å². The summed E-state index contributed by atoms with van der Waals surface area (Å²) < 4.78 is 4.47. The molecule has 0 amide bonds. The second kappa shape index (κ2) is 7.73. The highest BCUT2D eigenvalue weighted by Crippen LogP contribution is 2.26. The van der Waals surface area contributed by atoms with Crippen LogP contribution < -0.4 is 5.32 Å². The smallest absolute Gasteiger partial charge is 0.202 e. The van der Waals surface area contributed by atoms with E-state index < -0.39 is 0 Å². The average Bonchev–Trinajstić information content (AvgIpc) is 2.95. The molecular weight excluding hydrogens is 292 g/mol. The van der Waals surface area contributed by atoms with Gasteiger partial charge in [0.2, 0.25) is 5.13 Å². The maximum absolute atomic E-state index is 4.64. The van der Waals surface area contributed by atoms with Crippen LogP contribution in [0.2, 0.25) is 0 Å². The Labute approximate surface area is 138 Å². The number of nitrogens with zero attached hydrogens (tertiary/aromatic N) is 3. The van der Waals surface area contributed by atoms with E-state index in [-0.39, 0.29) is 0 Å². The number of hydrogen-bond acceptors (Lipinski definition) is 5. The lowest BCUT2D eigenvalue weighted by molar-refractivity contribution is 0.126. The van der Waals surface area contributed by atoms with Crippen molar-refractivity contribution in [2.24, 2.45) is 5.92 Å². The SMILES string of the molecule is CC(C)Cc1nsc(NC2CCN(C3CCCCC3)CC2)n1. The second-order valence-corrected chi connectivity index (χ2v) is 8.11. The molecule has 2 aliphatic rings. The van der Waals surface area contributed by atoms with Crippen molar-refractivity contribution in [2.75, 3.05) is 18.4 Å². The van der Waals surface area contributed by atoms with E-state index in [9.17, 15) is 0 Å². The van der Waals surface area contributed by atoms with Gasteiger partial charge in [0.05, 0.1) is 0 Å². The molecule has 5 heteroatoms. The van der Waals surface area contributed by atoms with Gasteiger partial charge in [0.25, 0.3) is 0 Å². The van der Waals surface area contributed by atoms with Gasteiger partial charge in [-0.25, -0.2) is 4.98 Å². The average molecular weight is 323 g/mol. The van der Waals surface area contributed by atoms with E-state index >= 15 is 0 Å². The normalized spacial score (nSPS) is 22.3. The zero-order valence-electron chi connectivity index (χ0n) is 14.1. The minimum absolute atomic E-state index is 0.583. The lowest BCUT2D eigenvalue weighted by Gasteiger charge is -2.39. The number of hydrogen-bond donors (Lipinski definition) is 1. The predicted molar refractivity (Wildman–Crippen MR) is 93.5 cm³/mol.